The summed E-state index contributed by atoms with van der Waals surface area (Å²) in [5, 5.41) is 9.69. The highest BCUT2D eigenvalue weighted by Gasteiger charge is 2.35. The highest BCUT2D eigenvalue weighted by Crippen LogP contribution is 2.51. The molecule has 0 aliphatic carbocycles. The van der Waals surface area contributed by atoms with Crippen molar-refractivity contribution in [2.45, 2.75) is 0 Å². The van der Waals surface area contributed by atoms with Gasteiger partial charge >= 0.3 is 0 Å². The molecule has 5 amide bonds. The van der Waals surface area contributed by atoms with Gasteiger partial charge in [-0.3, -0.25) is 24.0 Å². The van der Waals surface area contributed by atoms with Crippen LogP contribution < -0.4 is 43.0 Å². The van der Waals surface area contributed by atoms with Gasteiger partial charge in [-0.05, 0) is 84.9 Å². The molecule has 7 aromatic rings. The molecular formula is C45H29Br3Cl2N10O5S2. The van der Waals surface area contributed by atoms with Gasteiger partial charge in [0.05, 0.1) is 55.2 Å². The molecule has 2 aromatic heterocycles. The minimum atomic E-state index is -0.768. The number of nitrogen functional groups attached to an aromatic ring is 1. The smallest absolute Gasteiger partial charge is 0.267 e. The van der Waals surface area contributed by atoms with Gasteiger partial charge in [0.2, 0.25) is 0 Å². The van der Waals surface area contributed by atoms with E-state index in [-0.39, 0.29) is 49.7 Å². The largest absolute Gasteiger partial charge is 0.396 e. The predicted molar refractivity (Wildman–Crippen MR) is 281 cm³/mol. The second kappa shape index (κ2) is 18.5. The van der Waals surface area contributed by atoms with Gasteiger partial charge in [-0.1, -0.05) is 95.4 Å². The summed E-state index contributed by atoms with van der Waals surface area (Å²) in [7, 11) is 3.46. The van der Waals surface area contributed by atoms with E-state index >= 15 is 0 Å². The summed E-state index contributed by atoms with van der Waals surface area (Å²) in [5.74, 6) is -2.79. The second-order valence-corrected chi connectivity index (χ2v) is 19.0. The van der Waals surface area contributed by atoms with Gasteiger partial charge in [0.15, 0.2) is 0 Å². The maximum Gasteiger partial charge on any atom is 0.267 e. The zero-order valence-electron chi connectivity index (χ0n) is 34.4. The van der Waals surface area contributed by atoms with Crippen LogP contribution in [0.3, 0.4) is 0 Å². The maximum atomic E-state index is 13.2. The first-order valence-electron chi connectivity index (χ1n) is 19.3. The molecule has 22 heteroatoms. The molecule has 0 fully saturated rings. The SMILES string of the molecule is CN1C(=S)c2cc(C(N)=O)nc3c(NC(=O)c4ccc(Br)cc4)c(Cl)c(N)c1c23.CN1C(=S)c2cc(C(N)=O)nc3c(NC(=O)c4ccc(Br)cc4)c(Cl)c(NC(=O)c4ccc(Br)cc4)c1c23. The van der Waals surface area contributed by atoms with Crippen molar-refractivity contribution in [1.29, 1.82) is 0 Å². The van der Waals surface area contributed by atoms with E-state index in [9.17, 15) is 24.0 Å². The normalized spacial score (nSPS) is 12.3. The number of aromatic nitrogens is 2. The lowest BCUT2D eigenvalue weighted by Crippen LogP contribution is -2.22. The Hall–Kier alpha value is -6.13. The molecule has 2 aliphatic heterocycles. The number of amides is 5. The molecule has 9 N–H and O–H groups in total. The van der Waals surface area contributed by atoms with E-state index in [0.717, 1.165) is 13.4 Å². The van der Waals surface area contributed by atoms with Crippen LogP contribution in [0.15, 0.2) is 98.3 Å². The average molecular weight is 1160 g/mol. The van der Waals surface area contributed by atoms with Crippen molar-refractivity contribution in [2.75, 3.05) is 45.6 Å². The van der Waals surface area contributed by atoms with Crippen LogP contribution in [0.25, 0.3) is 21.8 Å². The maximum absolute atomic E-state index is 13.2. The van der Waals surface area contributed by atoms with Gasteiger partial charge in [-0.15, -0.1) is 0 Å². The standard InChI is InChI=1S/C26H16Br2ClN5O3S.C19H13BrClN5O2S/c1-34-22-17-15(26(34)38)10-16(23(30)35)31-19(17)20(32-24(36)11-2-6-13(27)7-3-11)18(29)21(22)33-25(37)12-4-8-14(28)9-5-12;1-26-16-11-9(19(26)29)6-10(17(23)27)24-14(11)15(12(21)13(16)22)25-18(28)7-2-4-8(20)5-3-7/h2-10H,1H3,(H2,30,35)(H,32,36)(H,33,37);2-6H,22H2,1H3,(H2,23,27)(H,25,28). The highest BCUT2D eigenvalue weighted by molar-refractivity contribution is 9.11. The van der Waals surface area contributed by atoms with Crippen molar-refractivity contribution in [1.82, 2.24) is 9.97 Å². The minimum absolute atomic E-state index is 0.0103. The molecule has 0 spiro atoms. The molecule has 2 aliphatic rings. The fourth-order valence-corrected chi connectivity index (χ4v) is 9.20. The Morgan fingerprint density at radius 1 is 0.552 bits per heavy atom. The number of carbonyl (C=O) groups is 5. The van der Waals surface area contributed by atoms with Crippen molar-refractivity contribution in [3.63, 3.8) is 0 Å². The van der Waals surface area contributed by atoms with Crippen molar-refractivity contribution in [2.24, 2.45) is 11.5 Å². The zero-order chi connectivity index (χ0) is 48.3. The molecule has 9 rings (SSSR count). The molecule has 67 heavy (non-hydrogen) atoms. The van der Waals surface area contributed by atoms with Crippen LogP contribution >= 0.6 is 95.4 Å². The number of hydrogen-bond acceptors (Lipinski definition) is 10. The Labute approximate surface area is 426 Å². The topological polar surface area (TPSA) is 232 Å². The van der Waals surface area contributed by atoms with Crippen LogP contribution in [0, 0.1) is 0 Å². The van der Waals surface area contributed by atoms with Crippen LogP contribution in [-0.4, -0.2) is 63.6 Å². The van der Waals surface area contributed by atoms with E-state index in [4.69, 9.17) is 64.8 Å². The monoisotopic (exact) mass is 1160 g/mol. The first-order valence-corrected chi connectivity index (χ1v) is 23.2. The molecule has 0 bridgehead atoms. The lowest BCUT2D eigenvalue weighted by molar-refractivity contribution is 0.0987. The van der Waals surface area contributed by atoms with E-state index in [2.05, 4.69) is 73.7 Å². The van der Waals surface area contributed by atoms with Gasteiger partial charge in [0.1, 0.15) is 21.4 Å². The third-order valence-electron chi connectivity index (χ3n) is 10.7. The fraction of sp³-hybridized carbons (Fsp3) is 0.0444. The number of primary amides is 2. The molecule has 0 saturated heterocycles. The van der Waals surface area contributed by atoms with Gasteiger partial charge in [0, 0.05) is 66.1 Å². The number of nitrogens with two attached hydrogens (primary N) is 3. The number of benzene rings is 5. The Kier molecular flexibility index (Phi) is 13.1. The van der Waals surface area contributed by atoms with E-state index < -0.39 is 29.5 Å². The van der Waals surface area contributed by atoms with Crippen molar-refractivity contribution in [3.05, 3.63) is 148 Å². The Morgan fingerprint density at radius 2 is 0.881 bits per heavy atom. The summed E-state index contributed by atoms with van der Waals surface area (Å²) in [6.45, 7) is 0. The number of pyridine rings is 2. The van der Waals surface area contributed by atoms with Crippen molar-refractivity contribution < 1.29 is 24.0 Å². The number of carbonyl (C=O) groups excluding carboxylic acids is 5. The van der Waals surface area contributed by atoms with Crippen molar-refractivity contribution >= 4 is 191 Å². The van der Waals surface area contributed by atoms with Crippen LogP contribution in [0.5, 0.6) is 0 Å². The third kappa shape index (κ3) is 8.69. The summed E-state index contributed by atoms with van der Waals surface area (Å²) in [5.41, 5.74) is 21.8. The summed E-state index contributed by atoms with van der Waals surface area (Å²) in [6.07, 6.45) is 0. The summed E-state index contributed by atoms with van der Waals surface area (Å²) < 4.78 is 2.46. The highest BCUT2D eigenvalue weighted by atomic mass is 79.9. The molecule has 0 unspecified atom stereocenters. The number of rotatable bonds is 8. The quantitative estimate of drug-likeness (QED) is 0.0617. The van der Waals surface area contributed by atoms with Gasteiger partial charge < -0.3 is 43.0 Å². The average Bonchev–Trinajstić information content (AvgIpc) is 3.71. The number of halogens is 5. The van der Waals surface area contributed by atoms with Crippen molar-refractivity contribution in [3.8, 4) is 0 Å². The summed E-state index contributed by atoms with van der Waals surface area (Å²) in [4.78, 5) is 76.1. The molecule has 5 aromatic carbocycles. The Balaban J connectivity index is 0.000000188. The number of nitrogens with zero attached hydrogens (tertiary/aromatic N) is 4. The fourth-order valence-electron chi connectivity index (χ4n) is 7.41. The molecule has 0 atom stereocenters. The molecule has 4 heterocycles. The van der Waals surface area contributed by atoms with Crippen LogP contribution in [0.4, 0.5) is 34.1 Å². The summed E-state index contributed by atoms with van der Waals surface area (Å²) >= 11 is 34.6. The molecule has 0 saturated carbocycles. The Morgan fingerprint density at radius 3 is 1.25 bits per heavy atom. The predicted octanol–water partition coefficient (Wildman–Crippen LogP) is 9.85. The van der Waals surface area contributed by atoms with Crippen LogP contribution in [-0.2, 0) is 0 Å². The summed E-state index contributed by atoms with van der Waals surface area (Å²) in [6, 6.07) is 23.3. The minimum Gasteiger partial charge on any atom is -0.396 e. The Bertz CT molecular complexity index is 3380. The number of anilines is 6. The van der Waals surface area contributed by atoms with E-state index in [1.54, 1.807) is 96.7 Å². The number of nitrogens with one attached hydrogen (secondary N) is 3. The lowest BCUT2D eigenvalue weighted by Gasteiger charge is -2.21. The molecule has 15 nitrogen and oxygen atoms in total. The lowest BCUT2D eigenvalue weighted by atomic mass is 10.0. The van der Waals surface area contributed by atoms with Gasteiger partial charge in [-0.2, -0.15) is 0 Å². The molecular weight excluding hydrogens is 1140 g/mol. The van der Waals surface area contributed by atoms with Crippen LogP contribution in [0.1, 0.15) is 63.2 Å². The second-order valence-electron chi connectivity index (χ2n) is 14.8. The van der Waals surface area contributed by atoms with E-state index in [1.807, 2.05) is 0 Å². The molecule has 0 radical (unpaired) electrons. The van der Waals surface area contributed by atoms with E-state index in [0.29, 0.717) is 65.5 Å². The van der Waals surface area contributed by atoms with E-state index in [1.165, 1.54) is 12.1 Å². The van der Waals surface area contributed by atoms with Crippen LogP contribution in [0.2, 0.25) is 10.0 Å². The van der Waals surface area contributed by atoms with Gasteiger partial charge in [-0.25, -0.2) is 9.97 Å². The molecule has 336 valence electrons. The number of hydrogen-bond donors (Lipinski definition) is 6. The first kappa shape index (κ1) is 47.4. The van der Waals surface area contributed by atoms with Gasteiger partial charge in [0.25, 0.3) is 29.5 Å². The first-order chi connectivity index (χ1) is 31.8. The zero-order valence-corrected chi connectivity index (χ0v) is 42.3. The number of thiocarbonyl (C=S) groups is 2. The third-order valence-corrected chi connectivity index (χ3v) is 14.0.